The molecule has 0 spiro atoms. The van der Waals surface area contributed by atoms with Crippen LogP contribution in [0.3, 0.4) is 0 Å². The molecule has 2 unspecified atom stereocenters. The number of hydrogen-bond acceptors (Lipinski definition) is 1. The summed E-state index contributed by atoms with van der Waals surface area (Å²) in [6.45, 7) is 4.15. The second-order valence-electron chi connectivity index (χ2n) is 1.55. The van der Waals surface area contributed by atoms with Crippen molar-refractivity contribution < 1.29 is 4.74 Å². The first-order valence-corrected chi connectivity index (χ1v) is 1.96. The van der Waals surface area contributed by atoms with Crippen LogP contribution in [0.25, 0.3) is 0 Å². The first kappa shape index (κ1) is 6.96. The van der Waals surface area contributed by atoms with Gasteiger partial charge < -0.3 is 4.74 Å². The van der Waals surface area contributed by atoms with Gasteiger partial charge in [0.25, 0.3) is 0 Å². The smallest absolute Gasteiger partial charge is 0.0811 e. The van der Waals surface area contributed by atoms with Gasteiger partial charge >= 0.3 is 0 Å². The minimum atomic E-state index is 0. The summed E-state index contributed by atoms with van der Waals surface area (Å²) in [5, 5.41) is 0. The zero-order valence-corrected chi connectivity index (χ0v) is 6.56. The molecule has 0 aromatic carbocycles. The average molecular weight is 95.1 g/mol. The summed E-state index contributed by atoms with van der Waals surface area (Å²) < 4.78 is 4.92. The van der Waals surface area contributed by atoms with Crippen LogP contribution < -0.4 is 0 Å². The molecule has 2 atom stereocenters. The van der Waals surface area contributed by atoms with E-state index >= 15 is 0 Å². The minimum Gasteiger partial charge on any atom is -0.370 e. The number of rotatable bonds is 0. The van der Waals surface area contributed by atoms with Crippen LogP contribution in [0.5, 0.6) is 0 Å². The molecule has 0 aliphatic carbocycles. The zero-order chi connectivity index (χ0) is 3.86. The molecule has 1 heterocycles. The minimum absolute atomic E-state index is 0. The van der Waals surface area contributed by atoms with Gasteiger partial charge in [0.05, 0.1) is 12.2 Å². The van der Waals surface area contributed by atoms with E-state index in [4.69, 9.17) is 4.74 Å². The molecule has 0 bridgehead atoms. The van der Waals surface area contributed by atoms with Crippen molar-refractivity contribution in [1.29, 1.82) is 0 Å². The van der Waals surface area contributed by atoms with Gasteiger partial charge in [-0.2, -0.15) is 0 Å². The van der Waals surface area contributed by atoms with E-state index < -0.39 is 0 Å². The van der Waals surface area contributed by atoms with Crippen LogP contribution in [-0.4, -0.2) is 41.8 Å². The first-order valence-electron chi connectivity index (χ1n) is 1.96. The molecule has 1 fully saturated rings. The van der Waals surface area contributed by atoms with Crippen LogP contribution in [0, 0.1) is 0 Å². The molecule has 0 aromatic heterocycles. The molecular formula is C4H8NaO. The monoisotopic (exact) mass is 95.0 g/mol. The van der Waals surface area contributed by atoms with E-state index in [1.165, 1.54) is 0 Å². The van der Waals surface area contributed by atoms with Crippen LogP contribution in [0.1, 0.15) is 13.8 Å². The number of ether oxygens (including phenoxy) is 1. The van der Waals surface area contributed by atoms with Crippen LogP contribution in [0.4, 0.5) is 0 Å². The van der Waals surface area contributed by atoms with Crippen molar-refractivity contribution >= 4 is 29.6 Å². The van der Waals surface area contributed by atoms with Crippen LogP contribution >= 0.6 is 0 Å². The Bertz CT molecular complexity index is 40.8. The second-order valence-corrected chi connectivity index (χ2v) is 1.55. The van der Waals surface area contributed by atoms with Gasteiger partial charge in [-0.25, -0.2) is 0 Å². The molecular weight excluding hydrogens is 87.0 g/mol. The van der Waals surface area contributed by atoms with E-state index in [-0.39, 0.29) is 29.6 Å². The molecule has 1 aliphatic heterocycles. The Balaban J connectivity index is 0.000000250. The Labute approximate surface area is 60.4 Å². The number of epoxide rings is 1. The molecule has 0 N–H and O–H groups in total. The Morgan fingerprint density at radius 3 is 1.33 bits per heavy atom. The fourth-order valence-electron chi connectivity index (χ4n) is 0.293. The second kappa shape index (κ2) is 2.31. The van der Waals surface area contributed by atoms with Gasteiger partial charge in [-0.1, -0.05) is 0 Å². The van der Waals surface area contributed by atoms with Crippen LogP contribution in [-0.2, 0) is 4.74 Å². The summed E-state index contributed by atoms with van der Waals surface area (Å²) in [6, 6.07) is 0. The van der Waals surface area contributed by atoms with Gasteiger partial charge in [0.1, 0.15) is 0 Å². The Morgan fingerprint density at radius 2 is 1.33 bits per heavy atom. The zero-order valence-electron chi connectivity index (χ0n) is 4.56. The van der Waals surface area contributed by atoms with Crippen molar-refractivity contribution in [3.8, 4) is 0 Å². The molecule has 1 nitrogen and oxygen atoms in total. The largest absolute Gasteiger partial charge is 0.370 e. The molecule has 1 radical (unpaired) electrons. The Morgan fingerprint density at radius 1 is 1.17 bits per heavy atom. The van der Waals surface area contributed by atoms with Crippen molar-refractivity contribution in [2.75, 3.05) is 0 Å². The van der Waals surface area contributed by atoms with Gasteiger partial charge in [-0.3, -0.25) is 0 Å². The molecule has 0 amide bonds. The third-order valence-electron chi connectivity index (χ3n) is 1.01. The maximum absolute atomic E-state index is 4.92. The average Bonchev–Trinajstić information content (AvgIpc) is 1.79. The van der Waals surface area contributed by atoms with E-state index in [0.29, 0.717) is 12.2 Å². The van der Waals surface area contributed by atoms with Gasteiger partial charge in [-0.05, 0) is 13.8 Å². The van der Waals surface area contributed by atoms with E-state index in [1.807, 2.05) is 0 Å². The van der Waals surface area contributed by atoms with Gasteiger partial charge in [0.15, 0.2) is 0 Å². The summed E-state index contributed by atoms with van der Waals surface area (Å²) in [5.41, 5.74) is 0. The summed E-state index contributed by atoms with van der Waals surface area (Å²) in [6.07, 6.45) is 1.10. The SMILES string of the molecule is CC1OC1C.[Na]. The third kappa shape index (κ3) is 1.61. The molecule has 1 rings (SSSR count). The molecule has 0 saturated carbocycles. The predicted molar refractivity (Wildman–Crippen MR) is 25.8 cm³/mol. The van der Waals surface area contributed by atoms with Crippen molar-refractivity contribution in [2.24, 2.45) is 0 Å². The summed E-state index contributed by atoms with van der Waals surface area (Å²) >= 11 is 0. The van der Waals surface area contributed by atoms with Crippen molar-refractivity contribution in [3.63, 3.8) is 0 Å². The van der Waals surface area contributed by atoms with E-state index in [0.717, 1.165) is 0 Å². The Kier molecular flexibility index (Phi) is 2.68. The van der Waals surface area contributed by atoms with Gasteiger partial charge in [0.2, 0.25) is 0 Å². The Hall–Kier alpha value is 0.960. The maximum atomic E-state index is 4.92. The van der Waals surface area contributed by atoms with E-state index in [1.54, 1.807) is 0 Å². The fourth-order valence-corrected chi connectivity index (χ4v) is 0.293. The third-order valence-corrected chi connectivity index (χ3v) is 1.01. The molecule has 31 valence electrons. The number of hydrogen-bond donors (Lipinski definition) is 0. The topological polar surface area (TPSA) is 12.5 Å². The molecule has 1 aliphatic rings. The van der Waals surface area contributed by atoms with Crippen LogP contribution in [0.2, 0.25) is 0 Å². The van der Waals surface area contributed by atoms with Gasteiger partial charge in [0, 0.05) is 29.6 Å². The van der Waals surface area contributed by atoms with E-state index in [9.17, 15) is 0 Å². The van der Waals surface area contributed by atoms with E-state index in [2.05, 4.69) is 13.8 Å². The fraction of sp³-hybridized carbons (Fsp3) is 1.00. The summed E-state index contributed by atoms with van der Waals surface area (Å²) in [4.78, 5) is 0. The predicted octanol–water partition coefficient (Wildman–Crippen LogP) is 0.413. The summed E-state index contributed by atoms with van der Waals surface area (Å²) in [5.74, 6) is 0. The molecule has 1 saturated heterocycles. The maximum Gasteiger partial charge on any atom is 0.0811 e. The van der Waals surface area contributed by atoms with Crippen LogP contribution in [0.15, 0.2) is 0 Å². The molecule has 6 heavy (non-hydrogen) atoms. The van der Waals surface area contributed by atoms with Crippen molar-refractivity contribution in [1.82, 2.24) is 0 Å². The standard InChI is InChI=1S/C4H8O.Na/c1-3-4(2)5-3;/h3-4H,1-2H3;. The molecule has 2 heteroatoms. The van der Waals surface area contributed by atoms with Crippen molar-refractivity contribution in [2.45, 2.75) is 26.1 Å². The molecule has 0 aromatic rings. The first-order chi connectivity index (χ1) is 2.30. The van der Waals surface area contributed by atoms with Crippen molar-refractivity contribution in [3.05, 3.63) is 0 Å². The summed E-state index contributed by atoms with van der Waals surface area (Å²) in [7, 11) is 0. The quantitative estimate of drug-likeness (QED) is 0.313. The normalized spacial score (nSPS) is 41.0. The van der Waals surface area contributed by atoms with Gasteiger partial charge in [-0.15, -0.1) is 0 Å².